The van der Waals surface area contributed by atoms with Crippen LogP contribution in [-0.2, 0) is 0 Å². The molecule has 0 aromatic heterocycles. The fourth-order valence-electron chi connectivity index (χ4n) is 1.83. The van der Waals surface area contributed by atoms with E-state index in [9.17, 15) is 18.0 Å². The average molecular weight is 275 g/mol. The first kappa shape index (κ1) is 13.7. The second-order valence-electron chi connectivity index (χ2n) is 4.33. The van der Waals surface area contributed by atoms with Gasteiger partial charge in [-0.25, -0.2) is 0 Å². The normalized spacial score (nSPS) is 16.1. The predicted octanol–water partition coefficient (Wildman–Crippen LogP) is 1.65. The molecule has 2 rings (SSSR count). The lowest BCUT2D eigenvalue weighted by atomic mass is 10.00. The number of aliphatic hydroxyl groups excluding tert-OH is 1. The highest BCUT2D eigenvalue weighted by Crippen LogP contribution is 2.24. The maximum absolute atomic E-state index is 12.0. The van der Waals surface area contributed by atoms with E-state index in [1.165, 1.54) is 17.0 Å². The summed E-state index contributed by atoms with van der Waals surface area (Å²) in [5.41, 5.74) is 0.297. The summed E-state index contributed by atoms with van der Waals surface area (Å²) in [5.74, 6) is -0.527. The first-order valence-corrected chi connectivity index (χ1v) is 5.65. The Morgan fingerprint density at radius 2 is 1.89 bits per heavy atom. The van der Waals surface area contributed by atoms with E-state index in [0.29, 0.717) is 18.7 Å². The molecule has 0 bridgehead atoms. The van der Waals surface area contributed by atoms with Crippen LogP contribution in [0.15, 0.2) is 24.3 Å². The minimum atomic E-state index is -4.74. The largest absolute Gasteiger partial charge is 0.573 e. The topological polar surface area (TPSA) is 49.8 Å². The highest BCUT2D eigenvalue weighted by atomic mass is 19.4. The molecule has 1 N–H and O–H groups in total. The maximum Gasteiger partial charge on any atom is 0.573 e. The van der Waals surface area contributed by atoms with Crippen molar-refractivity contribution >= 4 is 5.91 Å². The third kappa shape index (κ3) is 3.37. The Hall–Kier alpha value is -1.76. The minimum absolute atomic E-state index is 0.0299. The third-order valence-corrected chi connectivity index (χ3v) is 2.84. The molecular weight excluding hydrogens is 263 g/mol. The first-order valence-electron chi connectivity index (χ1n) is 5.65. The number of ether oxygens (including phenoxy) is 1. The molecule has 19 heavy (non-hydrogen) atoms. The molecule has 0 spiro atoms. The zero-order valence-corrected chi connectivity index (χ0v) is 9.85. The van der Waals surface area contributed by atoms with Gasteiger partial charge in [0.05, 0.1) is 0 Å². The second kappa shape index (κ2) is 5.08. The molecule has 1 aromatic rings. The molecule has 104 valence electrons. The molecule has 7 heteroatoms. The SMILES string of the molecule is O=C(c1ccc(OC(F)(F)F)cc1)N1CC(CO)C1. The third-order valence-electron chi connectivity index (χ3n) is 2.84. The molecule has 1 aliphatic heterocycles. The number of halogens is 3. The van der Waals surface area contributed by atoms with Crippen LogP contribution in [0.4, 0.5) is 13.2 Å². The van der Waals surface area contributed by atoms with Gasteiger partial charge >= 0.3 is 6.36 Å². The number of amides is 1. The molecule has 1 saturated heterocycles. The van der Waals surface area contributed by atoms with Crippen molar-refractivity contribution in [1.82, 2.24) is 4.90 Å². The van der Waals surface area contributed by atoms with E-state index in [-0.39, 0.29) is 24.2 Å². The van der Waals surface area contributed by atoms with Gasteiger partial charge in [-0.3, -0.25) is 4.79 Å². The Bertz CT molecular complexity index is 452. The Labute approximate surface area is 107 Å². The van der Waals surface area contributed by atoms with Crippen molar-refractivity contribution in [3.05, 3.63) is 29.8 Å². The van der Waals surface area contributed by atoms with E-state index in [1.54, 1.807) is 0 Å². The van der Waals surface area contributed by atoms with Crippen molar-refractivity contribution in [2.24, 2.45) is 5.92 Å². The highest BCUT2D eigenvalue weighted by molar-refractivity contribution is 5.94. The Kier molecular flexibility index (Phi) is 3.66. The monoisotopic (exact) mass is 275 g/mol. The van der Waals surface area contributed by atoms with Gasteiger partial charge in [0.1, 0.15) is 5.75 Å². The van der Waals surface area contributed by atoms with Crippen LogP contribution < -0.4 is 4.74 Å². The lowest BCUT2D eigenvalue weighted by Gasteiger charge is -2.38. The predicted molar refractivity (Wildman–Crippen MR) is 59.6 cm³/mol. The van der Waals surface area contributed by atoms with Crippen LogP contribution in [-0.4, -0.2) is 42.0 Å². The van der Waals surface area contributed by atoms with Gasteiger partial charge in [-0.1, -0.05) is 0 Å². The van der Waals surface area contributed by atoms with Crippen LogP contribution in [0, 0.1) is 5.92 Å². The number of nitrogens with zero attached hydrogens (tertiary/aromatic N) is 1. The Balaban J connectivity index is 1.97. The fourth-order valence-corrected chi connectivity index (χ4v) is 1.83. The average Bonchev–Trinajstić information content (AvgIpc) is 2.26. The lowest BCUT2D eigenvalue weighted by molar-refractivity contribution is -0.274. The summed E-state index contributed by atoms with van der Waals surface area (Å²) in [6.07, 6.45) is -4.74. The molecule has 1 heterocycles. The van der Waals surface area contributed by atoms with Crippen molar-refractivity contribution in [1.29, 1.82) is 0 Å². The molecule has 1 aromatic carbocycles. The van der Waals surface area contributed by atoms with Gasteiger partial charge in [-0.2, -0.15) is 0 Å². The number of rotatable bonds is 3. The summed E-state index contributed by atoms with van der Waals surface area (Å²) in [4.78, 5) is 13.4. The Morgan fingerprint density at radius 3 is 2.37 bits per heavy atom. The number of carbonyl (C=O) groups is 1. The van der Waals surface area contributed by atoms with E-state index in [2.05, 4.69) is 4.74 Å². The molecule has 0 aliphatic carbocycles. The van der Waals surface area contributed by atoms with Crippen LogP contribution in [0.1, 0.15) is 10.4 Å². The second-order valence-corrected chi connectivity index (χ2v) is 4.33. The summed E-state index contributed by atoms with van der Waals surface area (Å²) in [7, 11) is 0. The minimum Gasteiger partial charge on any atom is -0.406 e. The van der Waals surface area contributed by atoms with Crippen molar-refractivity contribution in [3.63, 3.8) is 0 Å². The molecule has 1 amide bonds. The zero-order valence-electron chi connectivity index (χ0n) is 9.85. The lowest BCUT2D eigenvalue weighted by Crippen LogP contribution is -2.51. The Morgan fingerprint density at radius 1 is 1.32 bits per heavy atom. The first-order chi connectivity index (χ1) is 8.89. The van der Waals surface area contributed by atoms with Gasteiger partial charge in [0.15, 0.2) is 0 Å². The van der Waals surface area contributed by atoms with Gasteiger partial charge in [0.2, 0.25) is 0 Å². The summed E-state index contributed by atoms with van der Waals surface area (Å²) >= 11 is 0. The van der Waals surface area contributed by atoms with Gasteiger partial charge in [-0.05, 0) is 24.3 Å². The van der Waals surface area contributed by atoms with Gasteiger partial charge < -0.3 is 14.7 Å². The number of aliphatic hydroxyl groups is 1. The van der Waals surface area contributed by atoms with E-state index >= 15 is 0 Å². The maximum atomic E-state index is 12.0. The summed E-state index contributed by atoms with van der Waals surface area (Å²) in [6.45, 7) is 0.967. The van der Waals surface area contributed by atoms with Crippen LogP contribution in [0.25, 0.3) is 0 Å². The van der Waals surface area contributed by atoms with Gasteiger partial charge in [0, 0.05) is 31.2 Å². The molecule has 0 radical (unpaired) electrons. The number of benzene rings is 1. The van der Waals surface area contributed by atoms with E-state index in [4.69, 9.17) is 5.11 Å². The van der Waals surface area contributed by atoms with Crippen LogP contribution in [0.2, 0.25) is 0 Å². The van der Waals surface area contributed by atoms with Gasteiger partial charge in [-0.15, -0.1) is 13.2 Å². The molecule has 1 aliphatic rings. The number of alkyl halides is 3. The summed E-state index contributed by atoms with van der Waals surface area (Å²) in [6, 6.07) is 4.78. The van der Waals surface area contributed by atoms with Crippen molar-refractivity contribution < 1.29 is 27.8 Å². The number of likely N-dealkylation sites (tertiary alicyclic amines) is 1. The van der Waals surface area contributed by atoms with Crippen molar-refractivity contribution in [2.75, 3.05) is 19.7 Å². The van der Waals surface area contributed by atoms with Crippen molar-refractivity contribution in [2.45, 2.75) is 6.36 Å². The number of carbonyl (C=O) groups excluding carboxylic acids is 1. The van der Waals surface area contributed by atoms with E-state index < -0.39 is 6.36 Å². The molecule has 0 unspecified atom stereocenters. The molecule has 0 atom stereocenters. The zero-order chi connectivity index (χ0) is 14.0. The van der Waals surface area contributed by atoms with Crippen LogP contribution in [0.5, 0.6) is 5.75 Å². The smallest absolute Gasteiger partial charge is 0.406 e. The highest BCUT2D eigenvalue weighted by Gasteiger charge is 2.32. The molecular formula is C12H12F3NO3. The summed E-state index contributed by atoms with van der Waals surface area (Å²) < 4.78 is 39.6. The standard InChI is InChI=1S/C12H12F3NO3/c13-12(14,15)19-10-3-1-9(2-4-10)11(18)16-5-8(6-16)7-17/h1-4,8,17H,5-7H2. The molecule has 4 nitrogen and oxygen atoms in total. The molecule has 1 fully saturated rings. The van der Waals surface area contributed by atoms with E-state index in [1.807, 2.05) is 0 Å². The quantitative estimate of drug-likeness (QED) is 0.912. The molecule has 0 saturated carbocycles. The summed E-state index contributed by atoms with van der Waals surface area (Å²) in [5, 5.41) is 8.84. The van der Waals surface area contributed by atoms with E-state index in [0.717, 1.165) is 12.1 Å². The van der Waals surface area contributed by atoms with Crippen molar-refractivity contribution in [3.8, 4) is 5.75 Å². The van der Waals surface area contributed by atoms with Crippen LogP contribution in [0.3, 0.4) is 0 Å². The number of hydrogen-bond acceptors (Lipinski definition) is 3. The fraction of sp³-hybridized carbons (Fsp3) is 0.417. The van der Waals surface area contributed by atoms with Gasteiger partial charge in [0.25, 0.3) is 5.91 Å². The number of hydrogen-bond donors (Lipinski definition) is 1. The van der Waals surface area contributed by atoms with Crippen LogP contribution >= 0.6 is 0 Å².